The Morgan fingerprint density at radius 3 is 2.80 bits per heavy atom. The second kappa shape index (κ2) is 9.15. The molecule has 0 bridgehead atoms. The second-order valence-electron chi connectivity index (χ2n) is 5.84. The maximum atomic E-state index is 5.69. The zero-order valence-corrected chi connectivity index (χ0v) is 12.8. The molecule has 2 rings (SSSR count). The number of hydrogen-bond donors (Lipinski definition) is 1. The summed E-state index contributed by atoms with van der Waals surface area (Å²) in [6.07, 6.45) is 9.34. The summed E-state index contributed by atoms with van der Waals surface area (Å²) in [7, 11) is 0. The minimum atomic E-state index is 0.514. The normalized spacial score (nSPS) is 20.1. The summed E-state index contributed by atoms with van der Waals surface area (Å²) in [4.78, 5) is 0. The van der Waals surface area contributed by atoms with Crippen LogP contribution in [0.3, 0.4) is 0 Å². The molecule has 1 aliphatic rings. The van der Waals surface area contributed by atoms with Gasteiger partial charge in [0.1, 0.15) is 0 Å². The molecule has 1 saturated heterocycles. The summed E-state index contributed by atoms with van der Waals surface area (Å²) >= 11 is 0. The Balaban J connectivity index is 1.72. The van der Waals surface area contributed by atoms with Gasteiger partial charge >= 0.3 is 0 Å². The monoisotopic (exact) mass is 275 g/mol. The topological polar surface area (TPSA) is 21.3 Å². The third-order valence-electron chi connectivity index (χ3n) is 4.14. The molecule has 1 fully saturated rings. The van der Waals surface area contributed by atoms with E-state index in [1.54, 1.807) is 0 Å². The van der Waals surface area contributed by atoms with Crippen molar-refractivity contribution < 1.29 is 4.74 Å². The van der Waals surface area contributed by atoms with Crippen LogP contribution in [0.15, 0.2) is 30.3 Å². The summed E-state index contributed by atoms with van der Waals surface area (Å²) in [6.45, 7) is 4.31. The van der Waals surface area contributed by atoms with Crippen molar-refractivity contribution in [2.45, 2.75) is 64.0 Å². The molecule has 1 aromatic carbocycles. The standard InChI is InChI=1S/C18H29NO/c1-2-14-19-18(16-9-4-3-5-10-16)13-7-6-11-17-12-8-15-20-17/h3-5,9-10,17-19H,2,6-8,11-15H2,1H3. The Hall–Kier alpha value is -0.860. The van der Waals surface area contributed by atoms with Crippen LogP contribution < -0.4 is 5.32 Å². The molecule has 1 aliphatic heterocycles. The molecule has 112 valence electrons. The first-order valence-electron chi connectivity index (χ1n) is 8.30. The van der Waals surface area contributed by atoms with E-state index >= 15 is 0 Å². The molecule has 1 heterocycles. The Labute approximate surface area is 123 Å². The molecule has 0 amide bonds. The van der Waals surface area contributed by atoms with Crippen LogP contribution in [-0.2, 0) is 4.74 Å². The van der Waals surface area contributed by atoms with Gasteiger partial charge in [-0.25, -0.2) is 0 Å². The minimum Gasteiger partial charge on any atom is -0.378 e. The average Bonchev–Trinajstić information content (AvgIpc) is 3.01. The molecule has 0 saturated carbocycles. The van der Waals surface area contributed by atoms with E-state index in [1.807, 2.05) is 0 Å². The SMILES string of the molecule is CCCNC(CCCCC1CCCO1)c1ccccc1. The van der Waals surface area contributed by atoms with Crippen molar-refractivity contribution in [1.82, 2.24) is 5.32 Å². The van der Waals surface area contributed by atoms with Gasteiger partial charge in [0.2, 0.25) is 0 Å². The Morgan fingerprint density at radius 2 is 2.10 bits per heavy atom. The first-order chi connectivity index (χ1) is 9.90. The maximum Gasteiger partial charge on any atom is 0.0576 e. The fourth-order valence-corrected chi connectivity index (χ4v) is 2.98. The van der Waals surface area contributed by atoms with E-state index in [4.69, 9.17) is 4.74 Å². The molecular formula is C18H29NO. The van der Waals surface area contributed by atoms with Crippen LogP contribution in [0.4, 0.5) is 0 Å². The number of rotatable bonds is 9. The van der Waals surface area contributed by atoms with E-state index in [2.05, 4.69) is 42.6 Å². The van der Waals surface area contributed by atoms with E-state index in [1.165, 1.54) is 50.5 Å². The van der Waals surface area contributed by atoms with Gasteiger partial charge in [0.25, 0.3) is 0 Å². The highest BCUT2D eigenvalue weighted by atomic mass is 16.5. The van der Waals surface area contributed by atoms with Crippen molar-refractivity contribution in [3.05, 3.63) is 35.9 Å². The molecule has 0 spiro atoms. The Bertz CT molecular complexity index is 346. The van der Waals surface area contributed by atoms with Crippen LogP contribution in [0.1, 0.15) is 63.5 Å². The van der Waals surface area contributed by atoms with Crippen molar-refractivity contribution in [3.8, 4) is 0 Å². The van der Waals surface area contributed by atoms with E-state index < -0.39 is 0 Å². The molecule has 0 radical (unpaired) electrons. The fraction of sp³-hybridized carbons (Fsp3) is 0.667. The Kier molecular flexibility index (Phi) is 7.10. The van der Waals surface area contributed by atoms with Gasteiger partial charge in [0.05, 0.1) is 6.10 Å². The molecule has 2 nitrogen and oxygen atoms in total. The smallest absolute Gasteiger partial charge is 0.0576 e. The highest BCUT2D eigenvalue weighted by Gasteiger charge is 2.15. The van der Waals surface area contributed by atoms with Crippen LogP contribution in [0.2, 0.25) is 0 Å². The van der Waals surface area contributed by atoms with E-state index in [0.717, 1.165) is 13.2 Å². The molecule has 0 aliphatic carbocycles. The second-order valence-corrected chi connectivity index (χ2v) is 5.84. The molecule has 2 atom stereocenters. The summed E-state index contributed by atoms with van der Waals surface area (Å²) in [6, 6.07) is 11.4. The summed E-state index contributed by atoms with van der Waals surface area (Å²) in [5.41, 5.74) is 1.43. The van der Waals surface area contributed by atoms with Gasteiger partial charge < -0.3 is 10.1 Å². The number of unbranched alkanes of at least 4 members (excludes halogenated alkanes) is 1. The first kappa shape index (κ1) is 15.5. The van der Waals surface area contributed by atoms with Gasteiger partial charge in [0, 0.05) is 12.6 Å². The lowest BCUT2D eigenvalue weighted by atomic mass is 9.99. The predicted molar refractivity (Wildman–Crippen MR) is 84.9 cm³/mol. The zero-order chi connectivity index (χ0) is 14.0. The fourth-order valence-electron chi connectivity index (χ4n) is 2.98. The van der Waals surface area contributed by atoms with Crippen LogP contribution >= 0.6 is 0 Å². The third-order valence-corrected chi connectivity index (χ3v) is 4.14. The quantitative estimate of drug-likeness (QED) is 0.672. The molecule has 2 heteroatoms. The molecule has 2 unspecified atom stereocenters. The van der Waals surface area contributed by atoms with Crippen LogP contribution in [0.25, 0.3) is 0 Å². The summed E-state index contributed by atoms with van der Waals surface area (Å²) < 4.78 is 5.69. The van der Waals surface area contributed by atoms with Gasteiger partial charge in [-0.1, -0.05) is 50.1 Å². The molecule has 0 aromatic heterocycles. The largest absolute Gasteiger partial charge is 0.378 e. The highest BCUT2D eigenvalue weighted by molar-refractivity contribution is 5.18. The predicted octanol–water partition coefficient (Wildman–Crippen LogP) is 4.47. The van der Waals surface area contributed by atoms with E-state index in [0.29, 0.717) is 12.1 Å². The van der Waals surface area contributed by atoms with Crippen LogP contribution in [0, 0.1) is 0 Å². The number of benzene rings is 1. The number of hydrogen-bond acceptors (Lipinski definition) is 2. The maximum absolute atomic E-state index is 5.69. The highest BCUT2D eigenvalue weighted by Crippen LogP contribution is 2.22. The van der Waals surface area contributed by atoms with Gasteiger partial charge in [-0.2, -0.15) is 0 Å². The Morgan fingerprint density at radius 1 is 1.25 bits per heavy atom. The third kappa shape index (κ3) is 5.26. The molecule has 1 aromatic rings. The lowest BCUT2D eigenvalue weighted by molar-refractivity contribution is 0.102. The van der Waals surface area contributed by atoms with E-state index in [-0.39, 0.29) is 0 Å². The van der Waals surface area contributed by atoms with Crippen LogP contribution in [0.5, 0.6) is 0 Å². The lowest BCUT2D eigenvalue weighted by Gasteiger charge is -2.19. The minimum absolute atomic E-state index is 0.514. The number of nitrogens with one attached hydrogen (secondary N) is 1. The van der Waals surface area contributed by atoms with Gasteiger partial charge in [-0.15, -0.1) is 0 Å². The van der Waals surface area contributed by atoms with Gasteiger partial charge in [-0.3, -0.25) is 0 Å². The summed E-state index contributed by atoms with van der Waals surface area (Å²) in [5, 5.41) is 3.68. The molecular weight excluding hydrogens is 246 g/mol. The molecule has 20 heavy (non-hydrogen) atoms. The summed E-state index contributed by atoms with van der Waals surface area (Å²) in [5.74, 6) is 0. The first-order valence-corrected chi connectivity index (χ1v) is 8.30. The van der Waals surface area contributed by atoms with Crippen molar-refractivity contribution in [3.63, 3.8) is 0 Å². The van der Waals surface area contributed by atoms with E-state index in [9.17, 15) is 0 Å². The van der Waals surface area contributed by atoms with Crippen molar-refractivity contribution in [2.24, 2.45) is 0 Å². The number of ether oxygens (including phenoxy) is 1. The van der Waals surface area contributed by atoms with Crippen molar-refractivity contribution in [1.29, 1.82) is 0 Å². The molecule has 1 N–H and O–H groups in total. The lowest BCUT2D eigenvalue weighted by Crippen LogP contribution is -2.22. The zero-order valence-electron chi connectivity index (χ0n) is 12.8. The average molecular weight is 275 g/mol. The van der Waals surface area contributed by atoms with Crippen molar-refractivity contribution >= 4 is 0 Å². The van der Waals surface area contributed by atoms with Crippen LogP contribution in [-0.4, -0.2) is 19.3 Å². The van der Waals surface area contributed by atoms with Gasteiger partial charge in [0.15, 0.2) is 0 Å². The van der Waals surface area contributed by atoms with Gasteiger partial charge in [-0.05, 0) is 44.2 Å². The van der Waals surface area contributed by atoms with Crippen molar-refractivity contribution in [2.75, 3.05) is 13.2 Å².